The van der Waals surface area contributed by atoms with Crippen LogP contribution in [-0.2, 0) is 9.53 Å². The Morgan fingerprint density at radius 2 is 2.21 bits per heavy atom. The van der Waals surface area contributed by atoms with Crippen LogP contribution in [0.5, 0.6) is 0 Å². The number of carbonyl (C=O) groups excluding carboxylic acids is 1. The van der Waals surface area contributed by atoms with Crippen LogP contribution in [-0.4, -0.2) is 49.2 Å². The lowest BCUT2D eigenvalue weighted by atomic mass is 10.1. The normalized spacial score (nSPS) is 30.1. The first-order chi connectivity index (χ1) is 6.57. The second-order valence-corrected chi connectivity index (χ2v) is 3.86. The van der Waals surface area contributed by atoms with Crippen molar-refractivity contribution in [2.75, 3.05) is 20.2 Å². The van der Waals surface area contributed by atoms with E-state index < -0.39 is 0 Å². The molecule has 1 saturated heterocycles. The number of nitrogens with zero attached hydrogens (tertiary/aromatic N) is 1. The third-order valence-electron chi connectivity index (χ3n) is 2.97. The summed E-state index contributed by atoms with van der Waals surface area (Å²) >= 11 is 0. The molecule has 1 N–H and O–H groups in total. The van der Waals surface area contributed by atoms with Crippen molar-refractivity contribution in [2.45, 2.75) is 39.0 Å². The van der Waals surface area contributed by atoms with Crippen LogP contribution in [0.1, 0.15) is 20.8 Å². The molecule has 0 bridgehead atoms. The van der Waals surface area contributed by atoms with Gasteiger partial charge in [-0.15, -0.1) is 0 Å². The summed E-state index contributed by atoms with van der Waals surface area (Å²) in [4.78, 5) is 13.8. The lowest BCUT2D eigenvalue weighted by Crippen LogP contribution is -2.55. The first-order valence-electron chi connectivity index (χ1n) is 5.17. The van der Waals surface area contributed by atoms with E-state index in [0.717, 1.165) is 0 Å². The van der Waals surface area contributed by atoms with Crippen LogP contribution in [0.15, 0.2) is 0 Å². The van der Waals surface area contributed by atoms with Crippen LogP contribution in [0.2, 0.25) is 0 Å². The van der Waals surface area contributed by atoms with Crippen molar-refractivity contribution in [1.29, 1.82) is 0 Å². The Morgan fingerprint density at radius 3 is 2.79 bits per heavy atom. The Balaban J connectivity index is 2.62. The third-order valence-corrected chi connectivity index (χ3v) is 2.97. The van der Waals surface area contributed by atoms with Gasteiger partial charge in [0, 0.05) is 6.54 Å². The van der Waals surface area contributed by atoms with Crippen molar-refractivity contribution in [3.63, 3.8) is 0 Å². The molecular weight excluding hydrogens is 180 g/mol. The molecule has 1 rings (SSSR count). The SMILES string of the molecule is CNC(C)C(=O)N1CCOC(C)C1C. The molecule has 0 saturated carbocycles. The van der Waals surface area contributed by atoms with Gasteiger partial charge in [-0.1, -0.05) is 0 Å². The number of ether oxygens (including phenoxy) is 1. The maximum Gasteiger partial charge on any atom is 0.239 e. The van der Waals surface area contributed by atoms with Gasteiger partial charge in [0.1, 0.15) is 0 Å². The molecule has 1 aliphatic heterocycles. The van der Waals surface area contributed by atoms with E-state index in [-0.39, 0.29) is 24.1 Å². The number of hydrogen-bond acceptors (Lipinski definition) is 3. The minimum atomic E-state index is -0.109. The van der Waals surface area contributed by atoms with Gasteiger partial charge in [0.25, 0.3) is 0 Å². The van der Waals surface area contributed by atoms with Gasteiger partial charge in [0.15, 0.2) is 0 Å². The fourth-order valence-corrected chi connectivity index (χ4v) is 1.62. The first-order valence-corrected chi connectivity index (χ1v) is 5.17. The summed E-state index contributed by atoms with van der Waals surface area (Å²) in [6, 6.07) is 0.0646. The van der Waals surface area contributed by atoms with E-state index in [4.69, 9.17) is 4.74 Å². The van der Waals surface area contributed by atoms with Crippen molar-refractivity contribution in [3.8, 4) is 0 Å². The highest BCUT2D eigenvalue weighted by Gasteiger charge is 2.30. The highest BCUT2D eigenvalue weighted by molar-refractivity contribution is 5.81. The van der Waals surface area contributed by atoms with Crippen LogP contribution >= 0.6 is 0 Å². The predicted octanol–water partition coefficient (Wildman–Crippen LogP) is 0.230. The number of rotatable bonds is 2. The molecule has 1 amide bonds. The van der Waals surface area contributed by atoms with Crippen LogP contribution in [0.3, 0.4) is 0 Å². The minimum absolute atomic E-state index is 0.109. The monoisotopic (exact) mass is 200 g/mol. The molecule has 0 aromatic rings. The minimum Gasteiger partial charge on any atom is -0.375 e. The Morgan fingerprint density at radius 1 is 1.57 bits per heavy atom. The summed E-state index contributed by atoms with van der Waals surface area (Å²) < 4.78 is 5.47. The predicted molar refractivity (Wildman–Crippen MR) is 55.1 cm³/mol. The molecule has 0 aliphatic carbocycles. The van der Waals surface area contributed by atoms with Gasteiger partial charge >= 0.3 is 0 Å². The fraction of sp³-hybridized carbons (Fsp3) is 0.900. The average molecular weight is 200 g/mol. The lowest BCUT2D eigenvalue weighted by Gasteiger charge is -2.39. The van der Waals surface area contributed by atoms with Crippen molar-refractivity contribution in [3.05, 3.63) is 0 Å². The van der Waals surface area contributed by atoms with Gasteiger partial charge in [-0.3, -0.25) is 4.79 Å². The average Bonchev–Trinajstić information content (AvgIpc) is 2.20. The summed E-state index contributed by atoms with van der Waals surface area (Å²) in [6.07, 6.45) is 0.136. The Kier molecular flexibility index (Phi) is 3.89. The maximum atomic E-state index is 11.9. The van der Waals surface area contributed by atoms with Crippen molar-refractivity contribution >= 4 is 5.91 Å². The van der Waals surface area contributed by atoms with Gasteiger partial charge in [-0.25, -0.2) is 0 Å². The number of hydrogen-bond donors (Lipinski definition) is 1. The second kappa shape index (κ2) is 4.75. The van der Waals surface area contributed by atoms with E-state index in [1.165, 1.54) is 0 Å². The number of carbonyl (C=O) groups is 1. The largest absolute Gasteiger partial charge is 0.375 e. The van der Waals surface area contributed by atoms with Gasteiger partial charge in [-0.05, 0) is 27.8 Å². The van der Waals surface area contributed by atoms with Gasteiger partial charge in [-0.2, -0.15) is 0 Å². The van der Waals surface area contributed by atoms with E-state index in [1.807, 2.05) is 25.7 Å². The van der Waals surface area contributed by atoms with Crippen LogP contribution in [0, 0.1) is 0 Å². The summed E-state index contributed by atoms with van der Waals surface area (Å²) in [5.74, 6) is 0.162. The van der Waals surface area contributed by atoms with E-state index >= 15 is 0 Å². The Labute approximate surface area is 85.6 Å². The van der Waals surface area contributed by atoms with Crippen molar-refractivity contribution in [2.24, 2.45) is 0 Å². The molecule has 14 heavy (non-hydrogen) atoms. The third kappa shape index (κ3) is 2.25. The molecule has 1 aliphatic rings. The molecule has 1 heterocycles. The summed E-state index contributed by atoms with van der Waals surface area (Å²) in [6.45, 7) is 7.28. The molecule has 0 aromatic heterocycles. The first kappa shape index (κ1) is 11.5. The maximum absolute atomic E-state index is 11.9. The van der Waals surface area contributed by atoms with Crippen LogP contribution in [0.4, 0.5) is 0 Å². The highest BCUT2D eigenvalue weighted by atomic mass is 16.5. The quantitative estimate of drug-likeness (QED) is 0.694. The van der Waals surface area contributed by atoms with Crippen LogP contribution < -0.4 is 5.32 Å². The van der Waals surface area contributed by atoms with E-state index in [1.54, 1.807) is 7.05 Å². The zero-order valence-corrected chi connectivity index (χ0v) is 9.41. The lowest BCUT2D eigenvalue weighted by molar-refractivity contribution is -0.145. The van der Waals surface area contributed by atoms with E-state index in [0.29, 0.717) is 13.2 Å². The van der Waals surface area contributed by atoms with E-state index in [9.17, 15) is 4.79 Å². The Hall–Kier alpha value is -0.610. The molecule has 1 fully saturated rings. The number of amides is 1. The van der Waals surface area contributed by atoms with Gasteiger partial charge < -0.3 is 15.0 Å². The number of nitrogens with one attached hydrogen (secondary N) is 1. The summed E-state index contributed by atoms with van der Waals surface area (Å²) in [7, 11) is 1.80. The molecule has 3 unspecified atom stereocenters. The molecule has 82 valence electrons. The summed E-state index contributed by atoms with van der Waals surface area (Å²) in [5.41, 5.74) is 0. The fourth-order valence-electron chi connectivity index (χ4n) is 1.62. The Bertz CT molecular complexity index is 208. The molecule has 0 spiro atoms. The molecule has 4 heteroatoms. The standard InChI is InChI=1S/C10H20N2O2/c1-7(11-4)10(13)12-5-6-14-9(3)8(12)2/h7-9,11H,5-6H2,1-4H3. The second-order valence-electron chi connectivity index (χ2n) is 3.86. The highest BCUT2D eigenvalue weighted by Crippen LogP contribution is 2.14. The van der Waals surface area contributed by atoms with Crippen molar-refractivity contribution in [1.82, 2.24) is 10.2 Å². The van der Waals surface area contributed by atoms with Crippen LogP contribution in [0.25, 0.3) is 0 Å². The van der Waals surface area contributed by atoms with Crippen molar-refractivity contribution < 1.29 is 9.53 Å². The molecule has 0 radical (unpaired) electrons. The topological polar surface area (TPSA) is 41.6 Å². The van der Waals surface area contributed by atoms with Gasteiger partial charge in [0.05, 0.1) is 24.8 Å². The van der Waals surface area contributed by atoms with Gasteiger partial charge in [0.2, 0.25) is 5.91 Å². The van der Waals surface area contributed by atoms with E-state index in [2.05, 4.69) is 5.32 Å². The zero-order chi connectivity index (χ0) is 10.7. The smallest absolute Gasteiger partial charge is 0.239 e. The summed E-state index contributed by atoms with van der Waals surface area (Å²) in [5, 5.41) is 2.97. The zero-order valence-electron chi connectivity index (χ0n) is 9.41. The number of morpholine rings is 1. The molecule has 3 atom stereocenters. The molecule has 0 aromatic carbocycles. The molecule has 4 nitrogen and oxygen atoms in total. The number of likely N-dealkylation sites (N-methyl/N-ethyl adjacent to an activating group) is 1. The molecular formula is C10H20N2O2.